The van der Waals surface area contributed by atoms with Gasteiger partial charge in [0.2, 0.25) is 0 Å². The second kappa shape index (κ2) is 5.46. The molecule has 0 aliphatic carbocycles. The number of nitrogens with zero attached hydrogens (tertiary/aromatic N) is 2. The third-order valence-corrected chi connectivity index (χ3v) is 2.64. The fourth-order valence-electron chi connectivity index (χ4n) is 1.11. The predicted octanol–water partition coefficient (Wildman–Crippen LogP) is 0.488. The van der Waals surface area contributed by atoms with Crippen LogP contribution >= 0.6 is 6.72 Å². The van der Waals surface area contributed by atoms with E-state index in [0.717, 1.165) is 18.2 Å². The van der Waals surface area contributed by atoms with Gasteiger partial charge in [-0.25, -0.2) is 5.21 Å². The third-order valence-electron chi connectivity index (χ3n) is 1.87. The topological polar surface area (TPSA) is 136 Å². The van der Waals surface area contributed by atoms with E-state index in [-0.39, 0.29) is 11.3 Å². The standard InChI is InChI=1S/C7H7N2O7PS/c10-8(11)6-2-1-5(4-16-17(14,15)18)7(3-6)9(12)13/h1-3H,4H2,(H2-,10,11,14,15,18). The molecule has 0 saturated carbocycles. The molecule has 1 aromatic carbocycles. The molecule has 1 rings (SSSR count). The number of benzene rings is 1. The average molecular weight is 294 g/mol. The zero-order chi connectivity index (χ0) is 13.9. The van der Waals surface area contributed by atoms with Gasteiger partial charge in [-0.3, -0.25) is 10.1 Å². The molecular formula is C7H7N2O7PS. The largest absolute Gasteiger partial charge is 0.780 e. The second-order valence-electron chi connectivity index (χ2n) is 3.09. The first kappa shape index (κ1) is 14.6. The van der Waals surface area contributed by atoms with Gasteiger partial charge in [0.05, 0.1) is 28.1 Å². The predicted molar refractivity (Wildman–Crippen MR) is 59.5 cm³/mol. The Morgan fingerprint density at radius 2 is 2.06 bits per heavy atom. The SMILES string of the molecule is O=[N+]([O-])c1cc([N+](=O)O)ccc1COP([O-])(O)=S. The molecule has 11 heteroatoms. The monoisotopic (exact) mass is 294 g/mol. The van der Waals surface area contributed by atoms with Crippen LogP contribution in [0.1, 0.15) is 5.56 Å². The van der Waals surface area contributed by atoms with E-state index in [1.807, 2.05) is 0 Å². The first-order chi connectivity index (χ1) is 8.20. The fraction of sp³-hybridized carbons (Fsp3) is 0.143. The van der Waals surface area contributed by atoms with Gasteiger partial charge in [0.25, 0.3) is 10.6 Å². The molecule has 0 heterocycles. The maximum Gasteiger partial charge on any atom is 0.323 e. The van der Waals surface area contributed by atoms with Crippen molar-refractivity contribution in [2.45, 2.75) is 6.61 Å². The van der Waals surface area contributed by atoms with E-state index in [1.165, 1.54) is 0 Å². The number of nitro benzene ring substituents is 1. The molecule has 1 atom stereocenters. The molecule has 18 heavy (non-hydrogen) atoms. The Morgan fingerprint density at radius 3 is 2.50 bits per heavy atom. The molecule has 0 amide bonds. The summed E-state index contributed by atoms with van der Waals surface area (Å²) in [4.78, 5) is 39.4. The van der Waals surface area contributed by atoms with Crippen molar-refractivity contribution in [1.29, 1.82) is 0 Å². The molecule has 98 valence electrons. The average Bonchev–Trinajstić information content (AvgIpc) is 2.24. The van der Waals surface area contributed by atoms with Crippen molar-refractivity contribution in [1.82, 2.24) is 0 Å². The van der Waals surface area contributed by atoms with Gasteiger partial charge < -0.3 is 14.3 Å². The fourth-order valence-corrected chi connectivity index (χ4v) is 1.57. The highest BCUT2D eigenvalue weighted by atomic mass is 32.5. The highest BCUT2D eigenvalue weighted by molar-refractivity contribution is 8.06. The molecule has 1 aromatic rings. The highest BCUT2D eigenvalue weighted by Gasteiger charge is 2.22. The van der Waals surface area contributed by atoms with E-state index in [0.29, 0.717) is 0 Å². The van der Waals surface area contributed by atoms with Crippen molar-refractivity contribution < 1.29 is 29.4 Å². The van der Waals surface area contributed by atoms with Crippen LogP contribution in [0.25, 0.3) is 0 Å². The Labute approximate surface area is 105 Å². The first-order valence-corrected chi connectivity index (χ1v) is 6.91. The van der Waals surface area contributed by atoms with E-state index in [4.69, 9.17) is 10.1 Å². The summed E-state index contributed by atoms with van der Waals surface area (Å²) in [5.41, 5.74) is -0.938. The van der Waals surface area contributed by atoms with Gasteiger partial charge in [-0.2, -0.15) is 0 Å². The Kier molecular flexibility index (Phi) is 4.43. The van der Waals surface area contributed by atoms with Gasteiger partial charge in [-0.1, -0.05) is 11.8 Å². The lowest BCUT2D eigenvalue weighted by atomic mass is 10.2. The molecule has 0 aliphatic heterocycles. The molecule has 0 spiro atoms. The van der Waals surface area contributed by atoms with Gasteiger partial charge in [-0.05, 0) is 6.07 Å². The van der Waals surface area contributed by atoms with Crippen LogP contribution in [0.4, 0.5) is 11.4 Å². The van der Waals surface area contributed by atoms with Crippen LogP contribution in [0.2, 0.25) is 0 Å². The Balaban J connectivity index is 3.08. The third kappa shape index (κ3) is 4.09. The summed E-state index contributed by atoms with van der Waals surface area (Å²) in [6.45, 7) is -4.73. The van der Waals surface area contributed by atoms with Crippen molar-refractivity contribution >= 4 is 29.9 Å². The number of rotatable bonds is 5. The summed E-state index contributed by atoms with van der Waals surface area (Å²) in [6, 6.07) is 3.00. The number of hydrogen-bond acceptors (Lipinski definition) is 6. The van der Waals surface area contributed by atoms with Gasteiger partial charge in [-0.15, -0.1) is 0 Å². The van der Waals surface area contributed by atoms with Crippen LogP contribution in [0.15, 0.2) is 18.2 Å². The van der Waals surface area contributed by atoms with Crippen molar-refractivity contribution in [2.75, 3.05) is 0 Å². The molecule has 1 unspecified atom stereocenters. The molecule has 0 aliphatic rings. The first-order valence-electron chi connectivity index (χ1n) is 4.32. The molecule has 9 nitrogen and oxygen atoms in total. The molecule has 0 bridgehead atoms. The van der Waals surface area contributed by atoms with Crippen LogP contribution in [0.5, 0.6) is 0 Å². The lowest BCUT2D eigenvalue weighted by Gasteiger charge is -2.19. The van der Waals surface area contributed by atoms with Crippen LogP contribution < -0.4 is 4.89 Å². The maximum atomic E-state index is 10.7. The van der Waals surface area contributed by atoms with E-state index in [9.17, 15) is 19.9 Å². The van der Waals surface area contributed by atoms with Crippen molar-refractivity contribution in [3.63, 3.8) is 0 Å². The normalized spacial score (nSPS) is 13.9. The summed E-state index contributed by atoms with van der Waals surface area (Å²) < 4.78 is 4.37. The Morgan fingerprint density at radius 1 is 1.44 bits per heavy atom. The smallest absolute Gasteiger partial charge is 0.323 e. The molecule has 2 N–H and O–H groups in total. The lowest BCUT2D eigenvalue weighted by molar-refractivity contribution is -0.729. The Hall–Kier alpha value is -1.45. The highest BCUT2D eigenvalue weighted by Crippen LogP contribution is 2.34. The van der Waals surface area contributed by atoms with Gasteiger partial charge in [0.1, 0.15) is 6.72 Å². The van der Waals surface area contributed by atoms with E-state index in [2.05, 4.69) is 16.3 Å². The van der Waals surface area contributed by atoms with E-state index >= 15 is 0 Å². The van der Waals surface area contributed by atoms with E-state index < -0.39 is 28.9 Å². The molecule has 0 aromatic heterocycles. The van der Waals surface area contributed by atoms with Crippen LogP contribution in [-0.2, 0) is 22.9 Å². The van der Waals surface area contributed by atoms with Crippen LogP contribution in [0.3, 0.4) is 0 Å². The number of hydrogen-bond donors (Lipinski definition) is 2. The quantitative estimate of drug-likeness (QED) is 0.455. The number of nitro groups is 1. The van der Waals surface area contributed by atoms with Gasteiger partial charge in [0, 0.05) is 6.07 Å². The minimum Gasteiger partial charge on any atom is -0.780 e. The van der Waals surface area contributed by atoms with E-state index in [1.54, 1.807) is 0 Å². The van der Waals surface area contributed by atoms with Gasteiger partial charge in [0.15, 0.2) is 0 Å². The zero-order valence-corrected chi connectivity index (χ0v) is 10.3. The molecule has 0 saturated heterocycles. The summed E-state index contributed by atoms with van der Waals surface area (Å²) in [5, 5.41) is 19.3. The maximum absolute atomic E-state index is 10.7. The summed E-state index contributed by atoms with van der Waals surface area (Å²) in [5.74, 6) is 0. The minimum atomic E-state index is -4.17. The van der Waals surface area contributed by atoms with Crippen LogP contribution in [-0.4, -0.2) is 19.9 Å². The molecule has 0 radical (unpaired) electrons. The second-order valence-corrected chi connectivity index (χ2v) is 5.66. The van der Waals surface area contributed by atoms with Crippen LogP contribution in [0, 0.1) is 15.0 Å². The lowest BCUT2D eigenvalue weighted by Crippen LogP contribution is -2.05. The van der Waals surface area contributed by atoms with Crippen molar-refractivity contribution in [3.8, 4) is 0 Å². The molecule has 0 fully saturated rings. The summed E-state index contributed by atoms with van der Waals surface area (Å²) in [6.07, 6.45) is 0. The van der Waals surface area contributed by atoms with Crippen molar-refractivity contribution in [2.24, 2.45) is 0 Å². The minimum absolute atomic E-state index is 0.0512. The Bertz CT molecular complexity index is 543. The summed E-state index contributed by atoms with van der Waals surface area (Å²) in [7, 11) is 0. The zero-order valence-electron chi connectivity index (χ0n) is 8.62. The van der Waals surface area contributed by atoms with Crippen molar-refractivity contribution in [3.05, 3.63) is 38.8 Å². The molecular weight excluding hydrogens is 287 g/mol. The van der Waals surface area contributed by atoms with Gasteiger partial charge >= 0.3 is 5.69 Å². The summed E-state index contributed by atoms with van der Waals surface area (Å²) >= 11 is 4.08.